The van der Waals surface area contributed by atoms with Crippen LogP contribution in [0.5, 0.6) is 0 Å². The third kappa shape index (κ3) is 67.9. The van der Waals surface area contributed by atoms with Crippen molar-refractivity contribution in [3.8, 4) is 0 Å². The molecule has 0 bridgehead atoms. The molecule has 9 heavy (non-hydrogen) atoms. The van der Waals surface area contributed by atoms with E-state index in [9.17, 15) is 0 Å². The van der Waals surface area contributed by atoms with E-state index in [4.69, 9.17) is 5.73 Å². The number of nitrogens with two attached hydrogens (primary N) is 1. The Kier molecular flexibility index (Phi) is 12.6. The lowest BCUT2D eigenvalue weighted by Crippen LogP contribution is -1.93. The predicted molar refractivity (Wildman–Crippen MR) is 69.8 cm³/mol. The van der Waals surface area contributed by atoms with Gasteiger partial charge >= 0.3 is 0 Å². The first-order chi connectivity index (χ1) is 3.91. The summed E-state index contributed by atoms with van der Waals surface area (Å²) in [7, 11) is 0. The highest BCUT2D eigenvalue weighted by atomic mass is 127. The first-order valence-corrected chi connectivity index (χ1v) is 5.92. The maximum Gasteiger partial charge on any atom is 0.121 e. The minimum Gasteiger partial charge on any atom is -0.330 e. The van der Waals surface area contributed by atoms with Crippen LogP contribution in [0.4, 0.5) is 0 Å². The summed E-state index contributed by atoms with van der Waals surface area (Å²) in [5, 5.41) is 0. The monoisotopic (exact) mass is 467 g/mol. The smallest absolute Gasteiger partial charge is 0.121 e. The van der Waals surface area contributed by atoms with E-state index >= 15 is 0 Å². The third-order valence-electron chi connectivity index (χ3n) is 0.289. The molecular formula is C5H12I3N. The summed E-state index contributed by atoms with van der Waals surface area (Å²) in [6, 6.07) is 0. The molecule has 0 aromatic rings. The zero-order valence-corrected chi connectivity index (χ0v) is 12.1. The summed E-state index contributed by atoms with van der Waals surface area (Å²) in [5.74, 6) is 0. The molecule has 0 amide bonds. The molecule has 0 atom stereocenters. The number of alkyl halides is 3. The Bertz CT molecular complexity index is 42.7. The molecule has 0 radical (unpaired) electrons. The highest BCUT2D eigenvalue weighted by Gasteiger charge is 2.04. The fraction of sp³-hybridized carbons (Fsp3) is 1.00. The molecule has 0 heterocycles. The van der Waals surface area contributed by atoms with E-state index in [1.54, 1.807) is 0 Å². The Morgan fingerprint density at radius 1 is 1.33 bits per heavy atom. The van der Waals surface area contributed by atoms with E-state index in [2.05, 4.69) is 81.6 Å². The molecule has 0 rings (SSSR count). The summed E-state index contributed by atoms with van der Waals surface area (Å²) < 4.78 is 0.410. The van der Waals surface area contributed by atoms with Crippen LogP contribution >= 0.6 is 67.8 Å². The van der Waals surface area contributed by atoms with Gasteiger partial charge in [0.25, 0.3) is 0 Å². The molecule has 2 N–H and O–H groups in total. The van der Waals surface area contributed by atoms with Crippen LogP contribution in [0.3, 0.4) is 0 Å². The van der Waals surface area contributed by atoms with E-state index < -0.39 is 0 Å². The molecule has 0 aromatic carbocycles. The summed E-state index contributed by atoms with van der Waals surface area (Å²) >= 11 is 7.05. The third-order valence-corrected chi connectivity index (χ3v) is 0.289. The van der Waals surface area contributed by atoms with Crippen molar-refractivity contribution in [2.75, 3.05) is 6.54 Å². The number of hydrogen-bond acceptors (Lipinski definition) is 1. The average Bonchev–Trinajstić information content (AvgIpc) is 1.61. The van der Waals surface area contributed by atoms with E-state index in [1.807, 2.05) is 0 Å². The highest BCUT2D eigenvalue weighted by Crippen LogP contribution is 2.33. The molecular weight excluding hydrogens is 455 g/mol. The molecule has 1 nitrogen and oxygen atoms in total. The number of halogens is 3. The van der Waals surface area contributed by atoms with Gasteiger partial charge in [0.15, 0.2) is 0 Å². The second-order valence-electron chi connectivity index (χ2n) is 1.57. The summed E-state index contributed by atoms with van der Waals surface area (Å²) in [6.45, 7) is 5.02. The van der Waals surface area contributed by atoms with Gasteiger partial charge in [-0.25, -0.2) is 0 Å². The molecule has 0 aliphatic carbocycles. The van der Waals surface area contributed by atoms with Crippen molar-refractivity contribution in [1.82, 2.24) is 0 Å². The first-order valence-electron chi connectivity index (χ1n) is 2.68. The Labute approximate surface area is 98.3 Å². The largest absolute Gasteiger partial charge is 0.330 e. The Morgan fingerprint density at radius 3 is 1.44 bits per heavy atom. The Morgan fingerprint density at radius 2 is 1.44 bits per heavy atom. The molecule has 0 spiro atoms. The maximum atomic E-state index is 5.03. The minimum atomic E-state index is 0.410. The summed E-state index contributed by atoms with van der Waals surface area (Å²) in [4.78, 5) is 0. The molecule has 0 unspecified atom stereocenters. The normalized spacial score (nSPS) is 10.0. The number of hydrogen-bond donors (Lipinski definition) is 1. The van der Waals surface area contributed by atoms with Crippen LogP contribution in [-0.4, -0.2) is 5.98 Å². The van der Waals surface area contributed by atoms with E-state index in [0.29, 0.717) is -0.565 Å². The van der Waals surface area contributed by atoms with E-state index in [-0.39, 0.29) is 0 Å². The zero-order valence-electron chi connectivity index (χ0n) is 5.63. The van der Waals surface area contributed by atoms with Gasteiger partial charge < -0.3 is 5.73 Å². The highest BCUT2D eigenvalue weighted by molar-refractivity contribution is 14.3. The summed E-state index contributed by atoms with van der Waals surface area (Å²) in [5.41, 5.74) is 5.03. The van der Waals surface area contributed by atoms with Gasteiger partial charge in [-0.1, -0.05) is 74.7 Å². The van der Waals surface area contributed by atoms with Gasteiger partial charge in [0.2, 0.25) is 0 Å². The van der Waals surface area contributed by atoms with Crippen LogP contribution < -0.4 is 5.73 Å². The fourth-order valence-corrected chi connectivity index (χ4v) is 0. The molecule has 0 fully saturated rings. The second-order valence-corrected chi connectivity index (χ2v) is 14.2. The van der Waals surface area contributed by atoms with Gasteiger partial charge in [0.05, 0.1) is 0 Å². The Hall–Kier alpha value is 2.15. The average molecular weight is 467 g/mol. The van der Waals surface area contributed by atoms with Gasteiger partial charge in [-0.2, -0.15) is 0 Å². The van der Waals surface area contributed by atoms with Crippen molar-refractivity contribution in [2.45, 2.75) is 19.7 Å². The van der Waals surface area contributed by atoms with Crippen molar-refractivity contribution >= 4 is 67.8 Å². The zero-order chi connectivity index (χ0) is 7.91. The molecule has 58 valence electrons. The van der Waals surface area contributed by atoms with E-state index in [1.165, 1.54) is 0 Å². The molecule has 0 aliphatic heterocycles. The van der Waals surface area contributed by atoms with Crippen LogP contribution in [-0.2, 0) is 0 Å². The molecule has 0 saturated heterocycles. The minimum absolute atomic E-state index is 0.410. The Balaban J connectivity index is 0. The van der Waals surface area contributed by atoms with Crippen LogP contribution in [0, 0.1) is 0 Å². The molecule has 0 aliphatic rings. The second kappa shape index (κ2) is 8.25. The van der Waals surface area contributed by atoms with Gasteiger partial charge in [-0.15, -0.1) is 0 Å². The quantitative estimate of drug-likeness (QED) is 0.466. The lowest BCUT2D eigenvalue weighted by atomic mass is 10.5. The topological polar surface area (TPSA) is 26.0 Å². The van der Waals surface area contributed by atoms with Crippen LogP contribution in [0.2, 0.25) is 0 Å². The van der Waals surface area contributed by atoms with Crippen molar-refractivity contribution in [2.24, 2.45) is 5.73 Å². The van der Waals surface area contributed by atoms with Gasteiger partial charge in [-0.3, -0.25) is 0 Å². The van der Waals surface area contributed by atoms with Crippen molar-refractivity contribution < 1.29 is 0 Å². The first kappa shape index (κ1) is 13.7. The van der Waals surface area contributed by atoms with Gasteiger partial charge in [0, 0.05) is 0 Å². The molecule has 4 heteroatoms. The van der Waals surface area contributed by atoms with Gasteiger partial charge in [-0.05, 0) is 19.9 Å². The van der Waals surface area contributed by atoms with Gasteiger partial charge in [0.1, 0.15) is -0.565 Å². The molecule has 0 aromatic heterocycles. The summed E-state index contributed by atoms with van der Waals surface area (Å²) in [6.07, 6.45) is 1.10. The van der Waals surface area contributed by atoms with Crippen molar-refractivity contribution in [1.29, 1.82) is 0 Å². The maximum absolute atomic E-state index is 5.03. The van der Waals surface area contributed by atoms with Crippen molar-refractivity contribution in [3.05, 3.63) is 0 Å². The lowest BCUT2D eigenvalue weighted by molar-refractivity contribution is 0.932. The number of rotatable bonds is 1. The standard InChI is InChI=1S/C3H9N.C2H3I3/c1-2-3-4;1-2(3,4)5/h2-4H2,1H3;1H3. The van der Waals surface area contributed by atoms with Crippen LogP contribution in [0.15, 0.2) is 0 Å². The van der Waals surface area contributed by atoms with E-state index in [0.717, 1.165) is 13.0 Å². The van der Waals surface area contributed by atoms with Crippen LogP contribution in [0.25, 0.3) is 0 Å². The molecule has 0 saturated carbocycles. The fourth-order valence-electron chi connectivity index (χ4n) is 0. The van der Waals surface area contributed by atoms with Crippen molar-refractivity contribution in [3.63, 3.8) is 0 Å². The SMILES string of the molecule is CC(I)(I)I.CCCN. The lowest BCUT2D eigenvalue weighted by Gasteiger charge is -1.96. The van der Waals surface area contributed by atoms with Crippen LogP contribution in [0.1, 0.15) is 20.3 Å². The predicted octanol–water partition coefficient (Wildman–Crippen LogP) is 3.32.